The second-order valence-corrected chi connectivity index (χ2v) is 7.32. The standard InChI is InChI=1S/C21H21FN4O5/c1-12-19-24-17(18(28)21(30)26(19)8-9-31-12)20(29)23-11-13-5-6-14(22)10-15(13)25-7-3-2-4-16(25)27/h5-6,10,28H,1-4,7-9,11H2,(H,23,29). The van der Waals surface area contributed by atoms with E-state index in [1.165, 1.54) is 27.7 Å². The minimum atomic E-state index is -0.795. The number of halogens is 1. The molecule has 0 atom stereocenters. The summed E-state index contributed by atoms with van der Waals surface area (Å²) in [4.78, 5) is 42.9. The number of aromatic hydroxyl groups is 1. The summed E-state index contributed by atoms with van der Waals surface area (Å²) < 4.78 is 20.3. The van der Waals surface area contributed by atoms with Crippen LogP contribution in [0.15, 0.2) is 29.6 Å². The van der Waals surface area contributed by atoms with Crippen LogP contribution >= 0.6 is 0 Å². The van der Waals surface area contributed by atoms with E-state index < -0.39 is 28.7 Å². The van der Waals surface area contributed by atoms with Crippen LogP contribution in [0.1, 0.15) is 41.1 Å². The number of nitrogens with zero attached hydrogens (tertiary/aromatic N) is 3. The van der Waals surface area contributed by atoms with E-state index in [0.29, 0.717) is 24.2 Å². The molecular weight excluding hydrogens is 407 g/mol. The first kappa shape index (κ1) is 20.6. The Hall–Kier alpha value is -3.69. The largest absolute Gasteiger partial charge is 0.501 e. The minimum absolute atomic E-state index is 0.0603. The molecular formula is C21H21FN4O5. The van der Waals surface area contributed by atoms with Gasteiger partial charge in [-0.15, -0.1) is 0 Å². The van der Waals surface area contributed by atoms with Gasteiger partial charge in [-0.2, -0.15) is 0 Å². The number of fused-ring (bicyclic) bond motifs is 1. The van der Waals surface area contributed by atoms with Crippen LogP contribution in [0.5, 0.6) is 5.75 Å². The molecule has 9 nitrogen and oxygen atoms in total. The van der Waals surface area contributed by atoms with Crippen molar-refractivity contribution in [2.45, 2.75) is 32.4 Å². The molecule has 1 fully saturated rings. The summed E-state index contributed by atoms with van der Waals surface area (Å²) in [6.07, 6.45) is 1.96. The molecule has 31 heavy (non-hydrogen) atoms. The number of hydrogen-bond acceptors (Lipinski definition) is 6. The number of nitrogens with one attached hydrogen (secondary N) is 1. The van der Waals surface area contributed by atoms with Crippen LogP contribution < -0.4 is 15.8 Å². The molecule has 10 heteroatoms. The summed E-state index contributed by atoms with van der Waals surface area (Å²) in [5, 5.41) is 12.8. The summed E-state index contributed by atoms with van der Waals surface area (Å²) >= 11 is 0. The van der Waals surface area contributed by atoms with Crippen molar-refractivity contribution in [1.29, 1.82) is 0 Å². The lowest BCUT2D eigenvalue weighted by Gasteiger charge is -2.29. The Morgan fingerprint density at radius 1 is 1.29 bits per heavy atom. The zero-order valence-corrected chi connectivity index (χ0v) is 16.7. The lowest BCUT2D eigenvalue weighted by molar-refractivity contribution is -0.119. The quantitative estimate of drug-likeness (QED) is 0.764. The van der Waals surface area contributed by atoms with Crippen molar-refractivity contribution in [3.63, 3.8) is 0 Å². The van der Waals surface area contributed by atoms with Crippen molar-refractivity contribution in [2.24, 2.45) is 0 Å². The Morgan fingerprint density at radius 3 is 2.87 bits per heavy atom. The molecule has 0 aliphatic carbocycles. The van der Waals surface area contributed by atoms with Gasteiger partial charge in [-0.05, 0) is 30.5 Å². The van der Waals surface area contributed by atoms with Crippen molar-refractivity contribution in [3.8, 4) is 5.75 Å². The molecule has 1 aromatic carbocycles. The number of hydrogen-bond donors (Lipinski definition) is 2. The molecule has 0 bridgehead atoms. The van der Waals surface area contributed by atoms with E-state index in [1.807, 2.05) is 0 Å². The van der Waals surface area contributed by atoms with Gasteiger partial charge in [0, 0.05) is 19.5 Å². The molecule has 1 saturated heterocycles. The average Bonchev–Trinajstić information content (AvgIpc) is 2.76. The first-order valence-electron chi connectivity index (χ1n) is 9.89. The van der Waals surface area contributed by atoms with E-state index in [4.69, 9.17) is 4.74 Å². The first-order chi connectivity index (χ1) is 14.9. The first-order valence-corrected chi connectivity index (χ1v) is 9.89. The molecule has 162 valence electrons. The Balaban J connectivity index is 1.60. The van der Waals surface area contributed by atoms with Crippen molar-refractivity contribution >= 4 is 23.3 Å². The van der Waals surface area contributed by atoms with Gasteiger partial charge in [-0.3, -0.25) is 19.0 Å². The molecule has 0 spiro atoms. The highest BCUT2D eigenvalue weighted by Crippen LogP contribution is 2.26. The fourth-order valence-corrected chi connectivity index (χ4v) is 3.71. The second kappa shape index (κ2) is 8.21. The Bertz CT molecular complexity index is 1140. The summed E-state index contributed by atoms with van der Waals surface area (Å²) in [5.74, 6) is -1.98. The van der Waals surface area contributed by atoms with Gasteiger partial charge in [-0.25, -0.2) is 9.37 Å². The fourth-order valence-electron chi connectivity index (χ4n) is 3.71. The van der Waals surface area contributed by atoms with Crippen molar-refractivity contribution < 1.29 is 23.8 Å². The topological polar surface area (TPSA) is 114 Å². The van der Waals surface area contributed by atoms with Gasteiger partial charge in [0.2, 0.25) is 11.7 Å². The molecule has 2 aliphatic rings. The van der Waals surface area contributed by atoms with E-state index in [2.05, 4.69) is 16.9 Å². The number of ether oxygens (including phenoxy) is 1. The number of rotatable bonds is 4. The van der Waals surface area contributed by atoms with E-state index in [-0.39, 0.29) is 37.2 Å². The van der Waals surface area contributed by atoms with Gasteiger partial charge in [0.15, 0.2) is 17.3 Å². The summed E-state index contributed by atoms with van der Waals surface area (Å²) in [6.45, 7) is 4.46. The maximum atomic E-state index is 13.9. The number of piperidine rings is 1. The van der Waals surface area contributed by atoms with Crippen molar-refractivity contribution in [1.82, 2.24) is 14.9 Å². The molecule has 0 unspecified atom stereocenters. The molecule has 2 amide bonds. The molecule has 2 aliphatic heterocycles. The van der Waals surface area contributed by atoms with E-state index >= 15 is 0 Å². The number of aromatic nitrogens is 2. The van der Waals surface area contributed by atoms with Crippen LogP contribution in [0.25, 0.3) is 5.76 Å². The molecule has 4 rings (SSSR count). The molecule has 2 aromatic rings. The molecule has 1 aromatic heterocycles. The smallest absolute Gasteiger partial charge is 0.297 e. The van der Waals surface area contributed by atoms with Crippen LogP contribution in [0, 0.1) is 5.82 Å². The highest BCUT2D eigenvalue weighted by molar-refractivity contribution is 5.96. The predicted octanol–water partition coefficient (Wildman–Crippen LogP) is 1.54. The lowest BCUT2D eigenvalue weighted by Crippen LogP contribution is -2.37. The highest BCUT2D eigenvalue weighted by Gasteiger charge is 2.26. The predicted molar refractivity (Wildman–Crippen MR) is 109 cm³/mol. The molecule has 3 heterocycles. The normalized spacial score (nSPS) is 16.0. The van der Waals surface area contributed by atoms with Gasteiger partial charge in [0.1, 0.15) is 12.4 Å². The third kappa shape index (κ3) is 3.88. The van der Waals surface area contributed by atoms with Gasteiger partial charge >= 0.3 is 0 Å². The Kier molecular flexibility index (Phi) is 5.45. The third-order valence-electron chi connectivity index (χ3n) is 5.30. The average molecular weight is 428 g/mol. The number of benzene rings is 1. The number of anilines is 1. The maximum Gasteiger partial charge on any atom is 0.297 e. The Labute approximate surface area is 176 Å². The Morgan fingerprint density at radius 2 is 2.10 bits per heavy atom. The molecule has 0 radical (unpaired) electrons. The summed E-state index contributed by atoms with van der Waals surface area (Å²) in [5.41, 5.74) is -0.317. The SMILES string of the molecule is C=C1OCCn2c1nc(C(=O)NCc1ccc(F)cc1N1CCCCC1=O)c(O)c2=O. The van der Waals surface area contributed by atoms with Crippen molar-refractivity contribution in [3.05, 3.63) is 58.0 Å². The fraction of sp³-hybridized carbons (Fsp3) is 0.333. The zero-order valence-electron chi connectivity index (χ0n) is 16.7. The van der Waals surface area contributed by atoms with Crippen LogP contribution in [-0.4, -0.2) is 39.6 Å². The van der Waals surface area contributed by atoms with Gasteiger partial charge in [0.25, 0.3) is 11.5 Å². The number of amides is 2. The molecule has 2 N–H and O–H groups in total. The number of carbonyl (C=O) groups excluding carboxylic acids is 2. The minimum Gasteiger partial charge on any atom is -0.501 e. The monoisotopic (exact) mass is 428 g/mol. The number of carbonyl (C=O) groups is 2. The summed E-state index contributed by atoms with van der Waals surface area (Å²) in [7, 11) is 0. The van der Waals surface area contributed by atoms with Crippen LogP contribution in [0.3, 0.4) is 0 Å². The zero-order chi connectivity index (χ0) is 22.1. The van der Waals surface area contributed by atoms with Crippen molar-refractivity contribution in [2.75, 3.05) is 18.1 Å². The third-order valence-corrected chi connectivity index (χ3v) is 5.30. The van der Waals surface area contributed by atoms with E-state index in [0.717, 1.165) is 12.8 Å². The van der Waals surface area contributed by atoms with Crippen LogP contribution in [0.2, 0.25) is 0 Å². The maximum absolute atomic E-state index is 13.9. The van der Waals surface area contributed by atoms with Crippen LogP contribution in [-0.2, 0) is 22.6 Å². The van der Waals surface area contributed by atoms with Gasteiger partial charge in [-0.1, -0.05) is 12.6 Å². The van der Waals surface area contributed by atoms with E-state index in [9.17, 15) is 23.9 Å². The second-order valence-electron chi connectivity index (χ2n) is 7.32. The van der Waals surface area contributed by atoms with Gasteiger partial charge in [0.05, 0.1) is 12.2 Å². The van der Waals surface area contributed by atoms with Crippen LogP contribution in [0.4, 0.5) is 10.1 Å². The lowest BCUT2D eigenvalue weighted by atomic mass is 10.1. The van der Waals surface area contributed by atoms with E-state index in [1.54, 1.807) is 0 Å². The highest BCUT2D eigenvalue weighted by atomic mass is 19.1. The van der Waals surface area contributed by atoms with Gasteiger partial charge < -0.3 is 20.1 Å². The summed E-state index contributed by atoms with van der Waals surface area (Å²) in [6, 6.07) is 3.98. The molecule has 0 saturated carbocycles.